The number of rotatable bonds is 4. The van der Waals surface area contributed by atoms with E-state index < -0.39 is 0 Å². The Hall–Kier alpha value is -1.02. The van der Waals surface area contributed by atoms with Gasteiger partial charge in [0.15, 0.2) is 0 Å². The fraction of sp³-hybridized carbons (Fsp3) is 0.800. The van der Waals surface area contributed by atoms with Crippen LogP contribution in [-0.4, -0.2) is 84.1 Å². The predicted octanol–water partition coefficient (Wildman–Crippen LogP) is 1.99. The van der Waals surface area contributed by atoms with E-state index in [1.165, 1.54) is 18.5 Å². The van der Waals surface area contributed by atoms with Crippen molar-refractivity contribution >= 4 is 17.2 Å². The van der Waals surface area contributed by atoms with Gasteiger partial charge in [0, 0.05) is 50.7 Å². The third-order valence-electron chi connectivity index (χ3n) is 6.25. The molecule has 3 aliphatic rings. The lowest BCUT2D eigenvalue weighted by molar-refractivity contribution is -0.142. The average Bonchev–Trinajstić information content (AvgIpc) is 3.13. The molecule has 6 nitrogen and oxygen atoms in total. The fourth-order valence-corrected chi connectivity index (χ4v) is 5.34. The molecule has 0 aromatic carbocycles. The first kappa shape index (κ1) is 19.3. The molecule has 3 fully saturated rings. The monoisotopic (exact) mass is 392 g/mol. The molecular formula is C20H32N4O2S. The van der Waals surface area contributed by atoms with Gasteiger partial charge >= 0.3 is 0 Å². The zero-order valence-electron chi connectivity index (χ0n) is 16.4. The molecule has 0 unspecified atom stereocenters. The number of aryl methyl sites for hydroxylation is 1. The van der Waals surface area contributed by atoms with Gasteiger partial charge in [-0.3, -0.25) is 14.6 Å². The summed E-state index contributed by atoms with van der Waals surface area (Å²) >= 11 is 1.74. The van der Waals surface area contributed by atoms with Crippen molar-refractivity contribution in [3.05, 3.63) is 16.1 Å². The third kappa shape index (κ3) is 4.88. The minimum atomic E-state index is 0.188. The van der Waals surface area contributed by atoms with Crippen molar-refractivity contribution in [3.63, 3.8) is 0 Å². The Morgan fingerprint density at radius 2 is 1.96 bits per heavy atom. The van der Waals surface area contributed by atoms with Crippen molar-refractivity contribution in [2.75, 3.05) is 52.5 Å². The molecular weight excluding hydrogens is 360 g/mol. The van der Waals surface area contributed by atoms with Gasteiger partial charge in [0.1, 0.15) is 0 Å². The maximum absolute atomic E-state index is 12.9. The van der Waals surface area contributed by atoms with Gasteiger partial charge in [0.2, 0.25) is 5.91 Å². The van der Waals surface area contributed by atoms with E-state index >= 15 is 0 Å². The van der Waals surface area contributed by atoms with Gasteiger partial charge in [0.25, 0.3) is 0 Å². The highest BCUT2D eigenvalue weighted by atomic mass is 32.1. The number of amides is 1. The Bertz CT molecular complexity index is 623. The van der Waals surface area contributed by atoms with Crippen LogP contribution in [0.15, 0.2) is 5.38 Å². The van der Waals surface area contributed by atoms with E-state index in [0.29, 0.717) is 25.2 Å². The molecule has 0 radical (unpaired) electrons. The van der Waals surface area contributed by atoms with Crippen molar-refractivity contribution in [1.82, 2.24) is 19.7 Å². The Morgan fingerprint density at radius 1 is 1.19 bits per heavy atom. The smallest absolute Gasteiger partial charge is 0.227 e. The zero-order chi connectivity index (χ0) is 18.6. The number of hydrogen-bond acceptors (Lipinski definition) is 6. The van der Waals surface area contributed by atoms with Gasteiger partial charge in [-0.05, 0) is 39.2 Å². The van der Waals surface area contributed by atoms with Crippen molar-refractivity contribution < 1.29 is 9.53 Å². The summed E-state index contributed by atoms with van der Waals surface area (Å²) in [6.45, 7) is 10.4. The van der Waals surface area contributed by atoms with Crippen LogP contribution < -0.4 is 0 Å². The normalized spacial score (nSPS) is 26.4. The molecule has 3 aliphatic heterocycles. The van der Waals surface area contributed by atoms with Crippen LogP contribution in [0.25, 0.3) is 0 Å². The topological polar surface area (TPSA) is 48.9 Å². The lowest BCUT2D eigenvalue weighted by Crippen LogP contribution is -2.52. The molecule has 0 N–H and O–H groups in total. The highest BCUT2D eigenvalue weighted by molar-refractivity contribution is 7.09. The predicted molar refractivity (Wildman–Crippen MR) is 107 cm³/mol. The summed E-state index contributed by atoms with van der Waals surface area (Å²) in [5, 5.41) is 3.35. The molecule has 4 heterocycles. The molecule has 7 heteroatoms. The van der Waals surface area contributed by atoms with E-state index in [2.05, 4.69) is 27.1 Å². The van der Waals surface area contributed by atoms with E-state index in [0.717, 1.165) is 63.7 Å². The SMILES string of the molecule is Cc1nc(CN2CCC(N3CCC[C@@H](C(=O)N4CCOCC4)C3)CC2)cs1. The molecule has 0 aliphatic carbocycles. The molecule has 4 rings (SSSR count). The second-order valence-corrected chi connectivity index (χ2v) is 9.20. The Morgan fingerprint density at radius 3 is 2.67 bits per heavy atom. The molecule has 1 amide bonds. The molecule has 0 spiro atoms. The summed E-state index contributed by atoms with van der Waals surface area (Å²) in [5.74, 6) is 0.548. The minimum Gasteiger partial charge on any atom is -0.378 e. The summed E-state index contributed by atoms with van der Waals surface area (Å²) in [4.78, 5) is 24.6. The van der Waals surface area contributed by atoms with Gasteiger partial charge in [-0.1, -0.05) is 0 Å². The van der Waals surface area contributed by atoms with Crippen molar-refractivity contribution in [2.24, 2.45) is 5.92 Å². The number of carbonyl (C=O) groups is 1. The molecule has 0 saturated carbocycles. The van der Waals surface area contributed by atoms with Gasteiger partial charge in [-0.15, -0.1) is 11.3 Å². The molecule has 3 saturated heterocycles. The summed E-state index contributed by atoms with van der Waals surface area (Å²) < 4.78 is 5.39. The van der Waals surface area contributed by atoms with Crippen molar-refractivity contribution in [2.45, 2.75) is 45.2 Å². The molecule has 1 aromatic heterocycles. The van der Waals surface area contributed by atoms with Crippen LogP contribution in [0.3, 0.4) is 0 Å². The van der Waals surface area contributed by atoms with Crippen LogP contribution in [0.1, 0.15) is 36.4 Å². The number of thiazole rings is 1. The lowest BCUT2D eigenvalue weighted by atomic mass is 9.92. The van der Waals surface area contributed by atoms with Crippen molar-refractivity contribution in [1.29, 1.82) is 0 Å². The highest BCUT2D eigenvalue weighted by Crippen LogP contribution is 2.26. The van der Waals surface area contributed by atoms with E-state index in [4.69, 9.17) is 4.74 Å². The number of ether oxygens (including phenoxy) is 1. The second kappa shape index (κ2) is 8.99. The number of morpholine rings is 1. The Balaban J connectivity index is 1.26. The Labute approximate surface area is 166 Å². The third-order valence-corrected chi connectivity index (χ3v) is 7.07. The van der Waals surface area contributed by atoms with Crippen LogP contribution in [0, 0.1) is 12.8 Å². The van der Waals surface area contributed by atoms with Gasteiger partial charge in [-0.2, -0.15) is 0 Å². The fourth-order valence-electron chi connectivity index (χ4n) is 4.73. The molecule has 1 aromatic rings. The minimum absolute atomic E-state index is 0.188. The van der Waals surface area contributed by atoms with Gasteiger partial charge in [0.05, 0.1) is 29.8 Å². The first-order valence-corrected chi connectivity index (χ1v) is 11.3. The zero-order valence-corrected chi connectivity index (χ0v) is 17.3. The lowest BCUT2D eigenvalue weighted by Gasteiger charge is -2.43. The molecule has 27 heavy (non-hydrogen) atoms. The number of nitrogens with zero attached hydrogens (tertiary/aromatic N) is 4. The highest BCUT2D eigenvalue weighted by Gasteiger charge is 2.33. The first-order chi connectivity index (χ1) is 13.2. The maximum atomic E-state index is 12.9. The van der Waals surface area contributed by atoms with Crippen LogP contribution >= 0.6 is 11.3 Å². The average molecular weight is 393 g/mol. The summed E-state index contributed by atoms with van der Waals surface area (Å²) in [6.07, 6.45) is 4.62. The van der Waals surface area contributed by atoms with E-state index in [1.807, 2.05) is 4.90 Å². The van der Waals surface area contributed by atoms with Gasteiger partial charge in [-0.25, -0.2) is 4.98 Å². The Kier molecular flexibility index (Phi) is 6.42. The number of likely N-dealkylation sites (tertiary alicyclic amines) is 2. The van der Waals surface area contributed by atoms with E-state index in [9.17, 15) is 4.79 Å². The number of hydrogen-bond donors (Lipinski definition) is 0. The largest absolute Gasteiger partial charge is 0.378 e. The number of piperidine rings is 2. The summed E-state index contributed by atoms with van der Waals surface area (Å²) in [7, 11) is 0. The number of aromatic nitrogens is 1. The van der Waals surface area contributed by atoms with Crippen LogP contribution in [-0.2, 0) is 16.1 Å². The van der Waals surface area contributed by atoms with Crippen molar-refractivity contribution in [3.8, 4) is 0 Å². The van der Waals surface area contributed by atoms with E-state index in [-0.39, 0.29) is 5.92 Å². The van der Waals surface area contributed by atoms with Gasteiger partial charge < -0.3 is 9.64 Å². The quantitative estimate of drug-likeness (QED) is 0.784. The van der Waals surface area contributed by atoms with Crippen LogP contribution in [0.2, 0.25) is 0 Å². The van der Waals surface area contributed by atoms with Crippen LogP contribution in [0.4, 0.5) is 0 Å². The number of carbonyl (C=O) groups excluding carboxylic acids is 1. The molecule has 0 bridgehead atoms. The second-order valence-electron chi connectivity index (χ2n) is 8.14. The maximum Gasteiger partial charge on any atom is 0.227 e. The summed E-state index contributed by atoms with van der Waals surface area (Å²) in [6, 6.07) is 0.638. The summed E-state index contributed by atoms with van der Waals surface area (Å²) in [5.41, 5.74) is 1.21. The van der Waals surface area contributed by atoms with Crippen LogP contribution in [0.5, 0.6) is 0 Å². The molecule has 1 atom stereocenters. The molecule has 150 valence electrons. The first-order valence-electron chi connectivity index (χ1n) is 10.4. The standard InChI is InChI=1S/C20H32N4O2S/c1-16-21-18(15-27-16)14-22-7-4-19(5-8-22)24-6-2-3-17(13-24)20(25)23-9-11-26-12-10-23/h15,17,19H,2-14H2,1H3/t17-/m1/s1. The van der Waals surface area contributed by atoms with E-state index in [1.54, 1.807) is 11.3 Å².